The molecule has 108 valence electrons. The van der Waals surface area contributed by atoms with Gasteiger partial charge in [0.15, 0.2) is 0 Å². The van der Waals surface area contributed by atoms with E-state index in [9.17, 15) is 22.7 Å². The number of unbranched alkanes of at least 4 members (excludes halogenated alkanes) is 1. The summed E-state index contributed by atoms with van der Waals surface area (Å²) in [4.78, 5) is 0. The zero-order valence-electron chi connectivity index (χ0n) is 10.5. The Morgan fingerprint density at radius 2 is 1.95 bits per heavy atom. The first-order chi connectivity index (χ1) is 8.79. The summed E-state index contributed by atoms with van der Waals surface area (Å²) >= 11 is 0. The van der Waals surface area contributed by atoms with Crippen molar-refractivity contribution in [3.8, 4) is 0 Å². The fraction of sp³-hybridized carbons (Fsp3) is 0.538. The van der Waals surface area contributed by atoms with Crippen LogP contribution in [0, 0.1) is 5.82 Å². The van der Waals surface area contributed by atoms with Gasteiger partial charge in [-0.2, -0.15) is 13.2 Å². The number of hydrogen-bond donors (Lipinski definition) is 2. The number of halogens is 4. The number of aliphatic hydroxyl groups excluding tert-OH is 1. The van der Waals surface area contributed by atoms with Crippen LogP contribution in [-0.2, 0) is 6.18 Å². The molecular formula is C13H17F4NO. The van der Waals surface area contributed by atoms with E-state index in [1.54, 1.807) is 0 Å². The lowest BCUT2D eigenvalue weighted by Gasteiger charge is -2.21. The van der Waals surface area contributed by atoms with Crippen LogP contribution < -0.4 is 5.73 Å². The third-order valence-electron chi connectivity index (χ3n) is 2.96. The van der Waals surface area contributed by atoms with Crippen LogP contribution >= 0.6 is 0 Å². The van der Waals surface area contributed by atoms with Crippen LogP contribution in [-0.4, -0.2) is 11.2 Å². The zero-order chi connectivity index (χ0) is 14.6. The van der Waals surface area contributed by atoms with E-state index in [1.165, 1.54) is 6.07 Å². The Kier molecular flexibility index (Phi) is 5.31. The second-order valence-corrected chi connectivity index (χ2v) is 4.44. The van der Waals surface area contributed by atoms with E-state index in [4.69, 9.17) is 5.73 Å². The molecule has 2 atom stereocenters. The highest BCUT2D eigenvalue weighted by Crippen LogP contribution is 2.34. The molecule has 0 saturated carbocycles. The number of rotatable bonds is 5. The second kappa shape index (κ2) is 6.34. The van der Waals surface area contributed by atoms with E-state index >= 15 is 0 Å². The van der Waals surface area contributed by atoms with Gasteiger partial charge in [0.1, 0.15) is 5.82 Å². The Morgan fingerprint density at radius 1 is 1.32 bits per heavy atom. The third-order valence-corrected chi connectivity index (χ3v) is 2.96. The first kappa shape index (κ1) is 15.9. The van der Waals surface area contributed by atoms with Gasteiger partial charge < -0.3 is 10.8 Å². The van der Waals surface area contributed by atoms with Crippen molar-refractivity contribution in [2.24, 2.45) is 5.73 Å². The monoisotopic (exact) mass is 279 g/mol. The van der Waals surface area contributed by atoms with Crippen molar-refractivity contribution in [2.45, 2.75) is 44.5 Å². The van der Waals surface area contributed by atoms with Crippen LogP contribution in [0.25, 0.3) is 0 Å². The molecule has 3 N–H and O–H groups in total. The van der Waals surface area contributed by atoms with Gasteiger partial charge in [0.25, 0.3) is 0 Å². The van der Waals surface area contributed by atoms with Crippen LogP contribution in [0.5, 0.6) is 0 Å². The molecule has 0 spiro atoms. The Balaban J connectivity index is 3.01. The standard InChI is InChI=1S/C13H17F4NO/c1-2-3-7-10(19)12(18)8-5-4-6-9(11(8)14)13(15,16)17/h4-6,10,12,19H,2-3,7,18H2,1H3/t10-,12+/m0/s1. The molecular weight excluding hydrogens is 262 g/mol. The van der Waals surface area contributed by atoms with Gasteiger partial charge in [0, 0.05) is 5.56 Å². The molecule has 0 fully saturated rings. The minimum atomic E-state index is -4.77. The molecule has 1 rings (SSSR count). The van der Waals surface area contributed by atoms with Crippen LogP contribution in [0.3, 0.4) is 0 Å². The third kappa shape index (κ3) is 3.91. The van der Waals surface area contributed by atoms with Crippen molar-refractivity contribution in [1.82, 2.24) is 0 Å². The minimum Gasteiger partial charge on any atom is -0.391 e. The zero-order valence-corrected chi connectivity index (χ0v) is 10.5. The molecule has 1 aromatic carbocycles. The van der Waals surface area contributed by atoms with Crippen molar-refractivity contribution in [2.75, 3.05) is 0 Å². The quantitative estimate of drug-likeness (QED) is 0.811. The molecule has 0 unspecified atom stereocenters. The minimum absolute atomic E-state index is 0.307. The molecule has 0 bridgehead atoms. The summed E-state index contributed by atoms with van der Waals surface area (Å²) in [6.45, 7) is 1.91. The average molecular weight is 279 g/mol. The van der Waals surface area contributed by atoms with Crippen LogP contribution in [0.1, 0.15) is 43.4 Å². The molecule has 0 saturated heterocycles. The van der Waals surface area contributed by atoms with Crippen LogP contribution in [0.2, 0.25) is 0 Å². The molecule has 0 heterocycles. The normalized spacial score (nSPS) is 15.3. The molecule has 0 aliphatic heterocycles. The summed E-state index contributed by atoms with van der Waals surface area (Å²) in [7, 11) is 0. The van der Waals surface area contributed by atoms with Crippen molar-refractivity contribution < 1.29 is 22.7 Å². The average Bonchev–Trinajstić information content (AvgIpc) is 2.34. The Labute approximate surface area is 109 Å². The van der Waals surface area contributed by atoms with Crippen molar-refractivity contribution in [1.29, 1.82) is 0 Å². The van der Waals surface area contributed by atoms with Crippen molar-refractivity contribution in [3.05, 3.63) is 35.1 Å². The first-order valence-corrected chi connectivity index (χ1v) is 6.08. The molecule has 0 aliphatic rings. The van der Waals surface area contributed by atoms with Crippen LogP contribution in [0.4, 0.5) is 17.6 Å². The smallest absolute Gasteiger partial charge is 0.391 e. The van der Waals surface area contributed by atoms with E-state index < -0.39 is 29.7 Å². The molecule has 2 nitrogen and oxygen atoms in total. The lowest BCUT2D eigenvalue weighted by atomic mass is 9.96. The highest BCUT2D eigenvalue weighted by molar-refractivity contribution is 5.30. The van der Waals surface area contributed by atoms with Gasteiger partial charge in [-0.05, 0) is 12.5 Å². The fourth-order valence-corrected chi connectivity index (χ4v) is 1.83. The SMILES string of the molecule is CCCC[C@H](O)[C@H](N)c1cccc(C(F)(F)F)c1F. The fourth-order valence-electron chi connectivity index (χ4n) is 1.83. The van der Waals surface area contributed by atoms with Gasteiger partial charge in [0.05, 0.1) is 17.7 Å². The van der Waals surface area contributed by atoms with Gasteiger partial charge in [-0.1, -0.05) is 31.9 Å². The van der Waals surface area contributed by atoms with Crippen LogP contribution in [0.15, 0.2) is 18.2 Å². The maximum absolute atomic E-state index is 13.8. The van der Waals surface area contributed by atoms with E-state index in [1.807, 2.05) is 6.92 Å². The molecule has 0 amide bonds. The number of aliphatic hydroxyl groups is 1. The van der Waals surface area contributed by atoms with Gasteiger partial charge in [-0.3, -0.25) is 0 Å². The Hall–Kier alpha value is -1.14. The van der Waals surface area contributed by atoms with E-state index in [0.717, 1.165) is 12.5 Å². The van der Waals surface area contributed by atoms with E-state index in [0.29, 0.717) is 18.9 Å². The van der Waals surface area contributed by atoms with Crippen molar-refractivity contribution in [3.63, 3.8) is 0 Å². The molecule has 0 aliphatic carbocycles. The summed E-state index contributed by atoms with van der Waals surface area (Å²) in [5.74, 6) is -1.40. The Bertz CT molecular complexity index is 420. The summed E-state index contributed by atoms with van der Waals surface area (Å²) < 4.78 is 51.4. The molecule has 19 heavy (non-hydrogen) atoms. The summed E-state index contributed by atoms with van der Waals surface area (Å²) in [6, 6.07) is 1.76. The van der Waals surface area contributed by atoms with Gasteiger partial charge in [0.2, 0.25) is 0 Å². The number of benzene rings is 1. The largest absolute Gasteiger partial charge is 0.419 e. The van der Waals surface area contributed by atoms with Crippen molar-refractivity contribution >= 4 is 0 Å². The number of nitrogens with two attached hydrogens (primary N) is 1. The lowest BCUT2D eigenvalue weighted by molar-refractivity contribution is -0.140. The predicted molar refractivity (Wildman–Crippen MR) is 63.9 cm³/mol. The van der Waals surface area contributed by atoms with Gasteiger partial charge in [-0.15, -0.1) is 0 Å². The maximum Gasteiger partial charge on any atom is 0.419 e. The number of alkyl halides is 3. The molecule has 1 aromatic rings. The summed E-state index contributed by atoms with van der Waals surface area (Å²) in [5.41, 5.74) is 3.97. The molecule has 6 heteroatoms. The predicted octanol–water partition coefficient (Wildman–Crippen LogP) is 3.40. The molecule has 0 radical (unpaired) electrons. The first-order valence-electron chi connectivity index (χ1n) is 6.08. The lowest BCUT2D eigenvalue weighted by Crippen LogP contribution is -2.28. The summed E-state index contributed by atoms with van der Waals surface area (Å²) in [6.07, 6.45) is -4.01. The topological polar surface area (TPSA) is 46.2 Å². The van der Waals surface area contributed by atoms with E-state index in [2.05, 4.69) is 0 Å². The highest BCUT2D eigenvalue weighted by atomic mass is 19.4. The Morgan fingerprint density at radius 3 is 2.47 bits per heavy atom. The number of hydrogen-bond acceptors (Lipinski definition) is 2. The summed E-state index contributed by atoms with van der Waals surface area (Å²) in [5, 5.41) is 9.75. The molecule has 0 aromatic heterocycles. The highest BCUT2D eigenvalue weighted by Gasteiger charge is 2.36. The van der Waals surface area contributed by atoms with Gasteiger partial charge >= 0.3 is 6.18 Å². The van der Waals surface area contributed by atoms with E-state index in [-0.39, 0.29) is 5.56 Å². The van der Waals surface area contributed by atoms with Gasteiger partial charge in [-0.25, -0.2) is 4.39 Å². The second-order valence-electron chi connectivity index (χ2n) is 4.44. The maximum atomic E-state index is 13.8.